The second-order valence-corrected chi connectivity index (χ2v) is 4.16. The number of hydrogen-bond donors (Lipinski definition) is 3. The van der Waals surface area contributed by atoms with Gasteiger partial charge in [0.15, 0.2) is 0 Å². The minimum absolute atomic E-state index is 0.0187. The van der Waals surface area contributed by atoms with E-state index in [0.29, 0.717) is 13.1 Å². The van der Waals surface area contributed by atoms with Gasteiger partial charge in [-0.15, -0.1) is 0 Å². The summed E-state index contributed by atoms with van der Waals surface area (Å²) in [6.07, 6.45) is 0.791. The molecule has 0 saturated carbocycles. The third-order valence-electron chi connectivity index (χ3n) is 2.82. The van der Waals surface area contributed by atoms with Crippen LogP contribution in [-0.4, -0.2) is 19.0 Å². The first-order valence-corrected chi connectivity index (χ1v) is 5.95. The van der Waals surface area contributed by atoms with E-state index in [1.165, 1.54) is 0 Å². The maximum atomic E-state index is 11.8. The Morgan fingerprint density at radius 3 is 2.59 bits per heavy atom. The van der Waals surface area contributed by atoms with Crippen LogP contribution in [0.4, 0.5) is 0 Å². The van der Waals surface area contributed by atoms with Crippen molar-refractivity contribution >= 4 is 5.91 Å². The van der Waals surface area contributed by atoms with Crippen LogP contribution in [0.2, 0.25) is 0 Å². The molecule has 1 aromatic rings. The molecule has 1 rings (SSSR count). The molecule has 5 N–H and O–H groups in total. The van der Waals surface area contributed by atoms with Crippen LogP contribution in [0.3, 0.4) is 0 Å². The van der Waals surface area contributed by atoms with E-state index in [1.54, 1.807) is 0 Å². The van der Waals surface area contributed by atoms with Crippen molar-refractivity contribution in [2.45, 2.75) is 19.4 Å². The molecule has 0 aromatic heterocycles. The van der Waals surface area contributed by atoms with Gasteiger partial charge < -0.3 is 16.8 Å². The Kier molecular flexibility index (Phi) is 5.66. The van der Waals surface area contributed by atoms with Crippen molar-refractivity contribution in [1.29, 1.82) is 0 Å². The highest BCUT2D eigenvalue weighted by Crippen LogP contribution is 2.18. The summed E-state index contributed by atoms with van der Waals surface area (Å²) in [5, 5.41) is 2.84. The molecular formula is C13H21N3O. The zero-order chi connectivity index (χ0) is 12.7. The molecule has 2 unspecified atom stereocenters. The highest BCUT2D eigenvalue weighted by atomic mass is 16.1. The molecule has 0 saturated heterocycles. The summed E-state index contributed by atoms with van der Waals surface area (Å²) in [6, 6.07) is 9.39. The largest absolute Gasteiger partial charge is 0.356 e. The van der Waals surface area contributed by atoms with E-state index in [0.717, 1.165) is 12.0 Å². The highest BCUT2D eigenvalue weighted by Gasteiger charge is 2.21. The smallest absolute Gasteiger partial charge is 0.224 e. The average molecular weight is 235 g/mol. The maximum absolute atomic E-state index is 11.8. The third-order valence-corrected chi connectivity index (χ3v) is 2.82. The van der Waals surface area contributed by atoms with Crippen LogP contribution in [0.15, 0.2) is 30.3 Å². The molecule has 17 heavy (non-hydrogen) atoms. The van der Waals surface area contributed by atoms with E-state index in [1.807, 2.05) is 37.3 Å². The Hall–Kier alpha value is -1.39. The molecule has 94 valence electrons. The molecule has 0 aliphatic heterocycles. The summed E-state index contributed by atoms with van der Waals surface area (Å²) >= 11 is 0. The van der Waals surface area contributed by atoms with Gasteiger partial charge in [0.1, 0.15) is 0 Å². The van der Waals surface area contributed by atoms with Crippen molar-refractivity contribution in [2.24, 2.45) is 17.4 Å². The number of benzene rings is 1. The number of carbonyl (C=O) groups excluding carboxylic acids is 1. The summed E-state index contributed by atoms with van der Waals surface area (Å²) in [5.74, 6) is -0.259. The zero-order valence-electron chi connectivity index (χ0n) is 10.2. The van der Waals surface area contributed by atoms with Gasteiger partial charge >= 0.3 is 0 Å². The summed E-state index contributed by atoms with van der Waals surface area (Å²) in [7, 11) is 0. The molecule has 0 aliphatic carbocycles. The number of nitrogens with one attached hydrogen (secondary N) is 1. The van der Waals surface area contributed by atoms with Crippen LogP contribution in [0, 0.1) is 5.92 Å². The molecule has 0 radical (unpaired) electrons. The van der Waals surface area contributed by atoms with Gasteiger partial charge in [0.2, 0.25) is 5.91 Å². The fourth-order valence-electron chi connectivity index (χ4n) is 1.60. The number of amides is 1. The number of nitrogens with two attached hydrogens (primary N) is 2. The molecule has 0 bridgehead atoms. The van der Waals surface area contributed by atoms with Crippen molar-refractivity contribution in [3.05, 3.63) is 35.9 Å². The minimum atomic E-state index is -0.269. The molecule has 1 amide bonds. The summed E-state index contributed by atoms with van der Waals surface area (Å²) in [5.41, 5.74) is 12.4. The van der Waals surface area contributed by atoms with Crippen molar-refractivity contribution < 1.29 is 4.79 Å². The minimum Gasteiger partial charge on any atom is -0.356 e. The Morgan fingerprint density at radius 2 is 2.00 bits per heavy atom. The number of carbonyl (C=O) groups is 1. The summed E-state index contributed by atoms with van der Waals surface area (Å²) in [4.78, 5) is 11.8. The van der Waals surface area contributed by atoms with Crippen molar-refractivity contribution in [3.63, 3.8) is 0 Å². The fourth-order valence-corrected chi connectivity index (χ4v) is 1.60. The second kappa shape index (κ2) is 7.04. The average Bonchev–Trinajstić information content (AvgIpc) is 2.38. The van der Waals surface area contributed by atoms with Gasteiger partial charge in [-0.2, -0.15) is 0 Å². The van der Waals surface area contributed by atoms with Crippen LogP contribution in [0.25, 0.3) is 0 Å². The Morgan fingerprint density at radius 1 is 1.35 bits per heavy atom. The van der Waals surface area contributed by atoms with Gasteiger partial charge in [-0.25, -0.2) is 0 Å². The Labute approximate surface area is 102 Å². The summed E-state index contributed by atoms with van der Waals surface area (Å²) < 4.78 is 0. The monoisotopic (exact) mass is 235 g/mol. The second-order valence-electron chi connectivity index (χ2n) is 4.16. The molecule has 2 atom stereocenters. The van der Waals surface area contributed by atoms with Crippen LogP contribution in [0.1, 0.15) is 24.9 Å². The topological polar surface area (TPSA) is 81.1 Å². The molecule has 1 aromatic carbocycles. The predicted molar refractivity (Wildman–Crippen MR) is 69.2 cm³/mol. The lowest BCUT2D eigenvalue weighted by Gasteiger charge is -2.19. The lowest BCUT2D eigenvalue weighted by molar-refractivity contribution is -0.125. The normalized spacial score (nSPS) is 14.1. The van der Waals surface area contributed by atoms with Crippen LogP contribution in [-0.2, 0) is 4.79 Å². The summed E-state index contributed by atoms with van der Waals surface area (Å²) in [6.45, 7) is 3.04. The maximum Gasteiger partial charge on any atom is 0.224 e. The molecule has 0 fully saturated rings. The van der Waals surface area contributed by atoms with Gasteiger partial charge in [-0.1, -0.05) is 37.3 Å². The van der Waals surface area contributed by atoms with E-state index in [9.17, 15) is 4.79 Å². The van der Waals surface area contributed by atoms with E-state index in [4.69, 9.17) is 11.5 Å². The van der Waals surface area contributed by atoms with Crippen molar-refractivity contribution in [2.75, 3.05) is 13.1 Å². The van der Waals surface area contributed by atoms with Gasteiger partial charge in [0.05, 0.1) is 5.92 Å². The first-order valence-electron chi connectivity index (χ1n) is 5.95. The van der Waals surface area contributed by atoms with E-state index in [-0.39, 0.29) is 17.9 Å². The molecule has 4 nitrogen and oxygen atoms in total. The van der Waals surface area contributed by atoms with Crippen LogP contribution >= 0.6 is 0 Å². The van der Waals surface area contributed by atoms with Gasteiger partial charge in [-0.05, 0) is 18.5 Å². The SMILES string of the molecule is CC(C(=O)NCCCN)C(N)c1ccccc1. The lowest BCUT2D eigenvalue weighted by atomic mass is 9.95. The zero-order valence-corrected chi connectivity index (χ0v) is 10.2. The molecule has 0 spiro atoms. The Balaban J connectivity index is 2.51. The molecule has 4 heteroatoms. The quantitative estimate of drug-likeness (QED) is 0.638. The predicted octanol–water partition coefficient (Wildman–Crippen LogP) is 0.788. The van der Waals surface area contributed by atoms with E-state index < -0.39 is 0 Å². The number of hydrogen-bond acceptors (Lipinski definition) is 3. The number of rotatable bonds is 6. The Bertz CT molecular complexity index is 340. The fraction of sp³-hybridized carbons (Fsp3) is 0.462. The first kappa shape index (κ1) is 13.7. The standard InChI is InChI=1S/C13H21N3O/c1-10(13(17)16-9-5-8-14)12(15)11-6-3-2-4-7-11/h2-4,6-7,10,12H,5,8-9,14-15H2,1H3,(H,16,17). The molecule has 0 aliphatic rings. The molecule has 0 heterocycles. The van der Waals surface area contributed by atoms with Gasteiger partial charge in [-0.3, -0.25) is 4.79 Å². The van der Waals surface area contributed by atoms with Gasteiger partial charge in [0.25, 0.3) is 0 Å². The van der Waals surface area contributed by atoms with Crippen LogP contribution < -0.4 is 16.8 Å². The molecular weight excluding hydrogens is 214 g/mol. The van der Waals surface area contributed by atoms with Crippen molar-refractivity contribution in [1.82, 2.24) is 5.32 Å². The van der Waals surface area contributed by atoms with Crippen LogP contribution in [0.5, 0.6) is 0 Å². The van der Waals surface area contributed by atoms with Crippen molar-refractivity contribution in [3.8, 4) is 0 Å². The van der Waals surface area contributed by atoms with Gasteiger partial charge in [0, 0.05) is 12.6 Å². The first-order chi connectivity index (χ1) is 8.16. The van der Waals surface area contributed by atoms with E-state index in [2.05, 4.69) is 5.32 Å². The highest BCUT2D eigenvalue weighted by molar-refractivity contribution is 5.79. The van der Waals surface area contributed by atoms with E-state index >= 15 is 0 Å². The third kappa shape index (κ3) is 4.17. The lowest BCUT2D eigenvalue weighted by Crippen LogP contribution is -2.36.